The van der Waals surface area contributed by atoms with E-state index in [1.807, 2.05) is 4.90 Å². The van der Waals surface area contributed by atoms with Crippen LogP contribution in [0.1, 0.15) is 16.1 Å². The van der Waals surface area contributed by atoms with Crippen LogP contribution in [0, 0.1) is 12.8 Å². The van der Waals surface area contributed by atoms with E-state index < -0.39 is 0 Å². The first-order valence-electron chi connectivity index (χ1n) is 5.19. The largest absolute Gasteiger partial charge is 0.361 e. The summed E-state index contributed by atoms with van der Waals surface area (Å²) in [6.45, 7) is 4.48. The van der Waals surface area contributed by atoms with E-state index in [2.05, 4.69) is 10.5 Å². The summed E-state index contributed by atoms with van der Waals surface area (Å²) < 4.78 is 4.90. The number of carbonyl (C=O) groups is 1. The van der Waals surface area contributed by atoms with Crippen LogP contribution in [-0.2, 0) is 0 Å². The second kappa shape index (κ2) is 3.06. The maximum Gasteiger partial charge on any atom is 0.259 e. The molecular formula is C10H13N3O2. The fraction of sp³-hybridized carbons (Fsp3) is 0.600. The van der Waals surface area contributed by atoms with Crippen LogP contribution in [-0.4, -0.2) is 41.6 Å². The second-order valence-corrected chi connectivity index (χ2v) is 4.28. The highest BCUT2D eigenvalue weighted by Gasteiger charge is 2.41. The SMILES string of the molecule is Cc1oncc1C(=O)N1CC2CNC2C1. The summed E-state index contributed by atoms with van der Waals surface area (Å²) in [5.41, 5.74) is 0.594. The first-order valence-corrected chi connectivity index (χ1v) is 5.19. The van der Waals surface area contributed by atoms with Crippen LogP contribution in [0.2, 0.25) is 0 Å². The van der Waals surface area contributed by atoms with E-state index in [-0.39, 0.29) is 5.91 Å². The Labute approximate surface area is 87.4 Å². The van der Waals surface area contributed by atoms with Gasteiger partial charge in [-0.05, 0) is 6.92 Å². The van der Waals surface area contributed by atoms with E-state index in [0.717, 1.165) is 19.6 Å². The zero-order valence-electron chi connectivity index (χ0n) is 8.56. The third kappa shape index (κ3) is 1.26. The van der Waals surface area contributed by atoms with Crippen LogP contribution in [0.5, 0.6) is 0 Å². The van der Waals surface area contributed by atoms with Crippen molar-refractivity contribution < 1.29 is 9.32 Å². The van der Waals surface area contributed by atoms with Gasteiger partial charge >= 0.3 is 0 Å². The Morgan fingerprint density at radius 2 is 2.53 bits per heavy atom. The van der Waals surface area contributed by atoms with Crippen molar-refractivity contribution in [2.75, 3.05) is 19.6 Å². The van der Waals surface area contributed by atoms with Crippen LogP contribution < -0.4 is 5.32 Å². The molecule has 0 saturated carbocycles. The van der Waals surface area contributed by atoms with E-state index >= 15 is 0 Å². The molecule has 1 aromatic rings. The molecule has 1 N–H and O–H groups in total. The van der Waals surface area contributed by atoms with E-state index in [0.29, 0.717) is 23.3 Å². The lowest BCUT2D eigenvalue weighted by atomic mass is 9.96. The molecule has 2 aliphatic rings. The molecule has 15 heavy (non-hydrogen) atoms. The molecule has 3 heterocycles. The number of nitrogens with one attached hydrogen (secondary N) is 1. The number of rotatable bonds is 1. The van der Waals surface area contributed by atoms with Crippen LogP contribution in [0.4, 0.5) is 0 Å². The minimum absolute atomic E-state index is 0.0463. The Kier molecular flexibility index (Phi) is 1.82. The average molecular weight is 207 g/mol. The number of carbonyl (C=O) groups excluding carboxylic acids is 1. The Morgan fingerprint density at radius 3 is 3.00 bits per heavy atom. The Balaban J connectivity index is 1.78. The zero-order chi connectivity index (χ0) is 10.4. The topological polar surface area (TPSA) is 58.4 Å². The third-order valence-electron chi connectivity index (χ3n) is 3.35. The molecular weight excluding hydrogens is 194 g/mol. The predicted molar refractivity (Wildman–Crippen MR) is 52.4 cm³/mol. The predicted octanol–water partition coefficient (Wildman–Crippen LogP) is 0.0268. The van der Waals surface area contributed by atoms with Gasteiger partial charge in [0.05, 0.1) is 6.20 Å². The molecule has 2 aliphatic heterocycles. The van der Waals surface area contributed by atoms with Crippen molar-refractivity contribution in [2.24, 2.45) is 5.92 Å². The Morgan fingerprint density at radius 1 is 1.67 bits per heavy atom. The molecule has 3 rings (SSSR count). The normalized spacial score (nSPS) is 28.7. The number of likely N-dealkylation sites (tertiary alicyclic amines) is 1. The molecule has 5 heteroatoms. The number of fused-ring (bicyclic) bond motifs is 1. The van der Waals surface area contributed by atoms with Gasteiger partial charge in [-0.3, -0.25) is 4.79 Å². The second-order valence-electron chi connectivity index (χ2n) is 4.28. The maximum absolute atomic E-state index is 12.0. The summed E-state index contributed by atoms with van der Waals surface area (Å²) in [6, 6.07) is 0.508. The molecule has 2 saturated heterocycles. The average Bonchev–Trinajstić information content (AvgIpc) is 2.72. The lowest BCUT2D eigenvalue weighted by molar-refractivity contribution is 0.0787. The molecule has 0 bridgehead atoms. The van der Waals surface area contributed by atoms with Crippen molar-refractivity contribution in [2.45, 2.75) is 13.0 Å². The lowest BCUT2D eigenvalue weighted by Crippen LogP contribution is -2.51. The molecule has 0 radical (unpaired) electrons. The fourth-order valence-corrected chi connectivity index (χ4v) is 2.29. The van der Waals surface area contributed by atoms with Crippen molar-refractivity contribution in [3.63, 3.8) is 0 Å². The molecule has 2 fully saturated rings. The highest BCUT2D eigenvalue weighted by molar-refractivity contribution is 5.95. The van der Waals surface area contributed by atoms with Gasteiger partial charge < -0.3 is 14.7 Å². The van der Waals surface area contributed by atoms with Crippen molar-refractivity contribution in [3.05, 3.63) is 17.5 Å². The number of aromatic nitrogens is 1. The highest BCUT2D eigenvalue weighted by atomic mass is 16.5. The lowest BCUT2D eigenvalue weighted by Gasteiger charge is -2.29. The quantitative estimate of drug-likeness (QED) is 0.705. The molecule has 1 aromatic heterocycles. The van der Waals surface area contributed by atoms with Crippen LogP contribution >= 0.6 is 0 Å². The summed E-state index contributed by atoms with van der Waals surface area (Å²) in [4.78, 5) is 13.9. The molecule has 2 atom stereocenters. The first-order chi connectivity index (χ1) is 7.25. The summed E-state index contributed by atoms with van der Waals surface area (Å²) in [5, 5.41) is 6.95. The highest BCUT2D eigenvalue weighted by Crippen LogP contribution is 2.25. The molecule has 0 aliphatic carbocycles. The number of nitrogens with zero attached hydrogens (tertiary/aromatic N) is 2. The van der Waals surface area contributed by atoms with Gasteiger partial charge in [0.15, 0.2) is 0 Å². The van der Waals surface area contributed by atoms with E-state index in [1.54, 1.807) is 6.92 Å². The van der Waals surface area contributed by atoms with E-state index in [4.69, 9.17) is 4.52 Å². The molecule has 0 spiro atoms. The minimum atomic E-state index is 0.0463. The molecule has 80 valence electrons. The minimum Gasteiger partial charge on any atom is -0.361 e. The van der Waals surface area contributed by atoms with E-state index in [1.165, 1.54) is 6.20 Å². The monoisotopic (exact) mass is 207 g/mol. The first kappa shape index (κ1) is 8.91. The van der Waals surface area contributed by atoms with Crippen LogP contribution in [0.15, 0.2) is 10.7 Å². The molecule has 2 unspecified atom stereocenters. The molecule has 0 aromatic carbocycles. The number of aryl methyl sites for hydroxylation is 1. The Bertz CT molecular complexity index is 389. The van der Waals surface area contributed by atoms with E-state index in [9.17, 15) is 4.79 Å². The van der Waals surface area contributed by atoms with Gasteiger partial charge in [0.2, 0.25) is 0 Å². The van der Waals surface area contributed by atoms with Crippen molar-refractivity contribution in [1.29, 1.82) is 0 Å². The standard InChI is InChI=1S/C10H13N3O2/c1-6-8(3-12-15-6)10(14)13-4-7-2-11-9(7)5-13/h3,7,9,11H,2,4-5H2,1H3. The smallest absolute Gasteiger partial charge is 0.259 e. The maximum atomic E-state index is 12.0. The van der Waals surface area contributed by atoms with Crippen LogP contribution in [0.25, 0.3) is 0 Å². The number of hydrogen-bond donors (Lipinski definition) is 1. The van der Waals surface area contributed by atoms with Gasteiger partial charge in [-0.15, -0.1) is 0 Å². The Hall–Kier alpha value is -1.36. The van der Waals surface area contributed by atoms with Crippen molar-refractivity contribution in [3.8, 4) is 0 Å². The van der Waals surface area contributed by atoms with Crippen molar-refractivity contribution in [1.82, 2.24) is 15.4 Å². The van der Waals surface area contributed by atoms with Gasteiger partial charge in [0.25, 0.3) is 5.91 Å². The third-order valence-corrected chi connectivity index (χ3v) is 3.35. The fourth-order valence-electron chi connectivity index (χ4n) is 2.29. The van der Waals surface area contributed by atoms with Crippen molar-refractivity contribution >= 4 is 5.91 Å². The summed E-state index contributed by atoms with van der Waals surface area (Å²) in [5.74, 6) is 1.30. The van der Waals surface area contributed by atoms with Gasteiger partial charge in [-0.2, -0.15) is 0 Å². The summed E-state index contributed by atoms with van der Waals surface area (Å²) >= 11 is 0. The summed E-state index contributed by atoms with van der Waals surface area (Å²) in [7, 11) is 0. The molecule has 1 amide bonds. The number of amides is 1. The van der Waals surface area contributed by atoms with Gasteiger partial charge in [0.1, 0.15) is 11.3 Å². The molecule has 5 nitrogen and oxygen atoms in total. The van der Waals surface area contributed by atoms with Gasteiger partial charge in [-0.25, -0.2) is 0 Å². The van der Waals surface area contributed by atoms with Gasteiger partial charge in [0, 0.05) is 31.6 Å². The summed E-state index contributed by atoms with van der Waals surface area (Å²) in [6.07, 6.45) is 1.51. The van der Waals surface area contributed by atoms with Crippen LogP contribution in [0.3, 0.4) is 0 Å². The van der Waals surface area contributed by atoms with Gasteiger partial charge in [-0.1, -0.05) is 5.16 Å². The number of hydrogen-bond acceptors (Lipinski definition) is 4. The zero-order valence-corrected chi connectivity index (χ0v) is 8.56.